The first-order valence-corrected chi connectivity index (χ1v) is 10.9. The van der Waals surface area contributed by atoms with Crippen LogP contribution in [0.1, 0.15) is 55.3 Å². The minimum absolute atomic E-state index is 0. The first kappa shape index (κ1) is 24.9. The van der Waals surface area contributed by atoms with E-state index in [1.54, 1.807) is 12.1 Å². The zero-order chi connectivity index (χ0) is 19.3. The molecule has 3 atom stereocenters. The average molecular weight is 457 g/mol. The average Bonchev–Trinajstić information content (AvgIpc) is 3.38. The van der Waals surface area contributed by atoms with E-state index < -0.39 is 0 Å². The molecule has 0 radical (unpaired) electrons. The molecule has 1 aromatic carbocycles. The third-order valence-electron chi connectivity index (χ3n) is 6.51. The van der Waals surface area contributed by atoms with Crippen molar-refractivity contribution in [1.82, 2.24) is 15.5 Å². The monoisotopic (exact) mass is 456 g/mol. The lowest BCUT2D eigenvalue weighted by molar-refractivity contribution is -0.117. The van der Waals surface area contributed by atoms with Gasteiger partial charge in [0.25, 0.3) is 5.91 Å². The molecular formula is C22H34Cl2N4O2. The van der Waals surface area contributed by atoms with Gasteiger partial charge in [-0.15, -0.1) is 24.8 Å². The number of nitrogens with one attached hydrogen (secondary N) is 3. The van der Waals surface area contributed by atoms with Crippen LogP contribution in [0.3, 0.4) is 0 Å². The lowest BCUT2D eigenvalue weighted by Crippen LogP contribution is -2.39. The van der Waals surface area contributed by atoms with Gasteiger partial charge in [0.05, 0.1) is 6.04 Å². The highest BCUT2D eigenvalue weighted by atomic mass is 35.5. The van der Waals surface area contributed by atoms with Crippen LogP contribution in [-0.2, 0) is 4.79 Å². The van der Waals surface area contributed by atoms with Crippen molar-refractivity contribution in [2.75, 3.05) is 31.5 Å². The number of nitrogens with zero attached hydrogens (tertiary/aromatic N) is 1. The third-order valence-corrected chi connectivity index (χ3v) is 6.51. The second kappa shape index (κ2) is 11.9. The van der Waals surface area contributed by atoms with Crippen molar-refractivity contribution < 1.29 is 9.59 Å². The first-order valence-electron chi connectivity index (χ1n) is 10.9. The van der Waals surface area contributed by atoms with Gasteiger partial charge in [-0.05, 0) is 75.4 Å². The quantitative estimate of drug-likeness (QED) is 0.614. The number of hydrogen-bond donors (Lipinski definition) is 3. The van der Waals surface area contributed by atoms with Crippen molar-refractivity contribution in [3.05, 3.63) is 29.8 Å². The number of hydrogen-bond acceptors (Lipinski definition) is 4. The Kier molecular flexibility index (Phi) is 9.88. The molecule has 1 saturated carbocycles. The number of benzene rings is 1. The van der Waals surface area contributed by atoms with E-state index in [9.17, 15) is 9.59 Å². The maximum absolute atomic E-state index is 12.6. The Morgan fingerprint density at radius 2 is 1.70 bits per heavy atom. The molecule has 0 aromatic heterocycles. The summed E-state index contributed by atoms with van der Waals surface area (Å²) in [6.45, 7) is 3.87. The molecule has 3 aliphatic rings. The number of halogens is 2. The van der Waals surface area contributed by atoms with Gasteiger partial charge in [0.1, 0.15) is 0 Å². The number of carbonyl (C=O) groups excluding carboxylic acids is 2. The summed E-state index contributed by atoms with van der Waals surface area (Å²) in [5, 5.41) is 9.49. The molecular weight excluding hydrogens is 423 g/mol. The number of amides is 2. The SMILES string of the molecule is Cl.Cl.O=C(NCCN1CCCC1)c1ccc(NC(=O)C2CC3CCCCC3N2)cc1. The Morgan fingerprint density at radius 3 is 2.40 bits per heavy atom. The molecule has 6 nitrogen and oxygen atoms in total. The molecule has 30 heavy (non-hydrogen) atoms. The van der Waals surface area contributed by atoms with Crippen LogP contribution in [0.25, 0.3) is 0 Å². The number of rotatable bonds is 6. The summed E-state index contributed by atoms with van der Waals surface area (Å²) < 4.78 is 0. The Morgan fingerprint density at radius 1 is 1.00 bits per heavy atom. The number of carbonyl (C=O) groups is 2. The largest absolute Gasteiger partial charge is 0.351 e. The molecule has 8 heteroatoms. The fourth-order valence-corrected chi connectivity index (χ4v) is 4.89. The highest BCUT2D eigenvalue weighted by Gasteiger charge is 2.38. The summed E-state index contributed by atoms with van der Waals surface area (Å²) in [5.74, 6) is 0.631. The van der Waals surface area contributed by atoms with E-state index in [1.165, 1.54) is 38.5 Å². The first-order chi connectivity index (χ1) is 13.7. The molecule has 1 aromatic rings. The van der Waals surface area contributed by atoms with Crippen molar-refractivity contribution in [2.45, 2.75) is 57.0 Å². The Hall–Kier alpha value is -1.34. The van der Waals surface area contributed by atoms with Crippen LogP contribution in [-0.4, -0.2) is 55.0 Å². The lowest BCUT2D eigenvalue weighted by Gasteiger charge is -2.24. The summed E-state index contributed by atoms with van der Waals surface area (Å²) in [6, 6.07) is 7.60. The minimum Gasteiger partial charge on any atom is -0.351 e. The van der Waals surface area contributed by atoms with Crippen LogP contribution in [0.5, 0.6) is 0 Å². The molecule has 2 saturated heterocycles. The highest BCUT2D eigenvalue weighted by molar-refractivity contribution is 5.97. The molecule has 0 spiro atoms. The smallest absolute Gasteiger partial charge is 0.251 e. The van der Waals surface area contributed by atoms with Gasteiger partial charge in [-0.1, -0.05) is 12.8 Å². The van der Waals surface area contributed by atoms with Gasteiger partial charge in [-0.3, -0.25) is 9.59 Å². The summed E-state index contributed by atoms with van der Waals surface area (Å²) in [5.41, 5.74) is 1.37. The predicted octanol–water partition coefficient (Wildman–Crippen LogP) is 3.22. The molecule has 3 fully saturated rings. The summed E-state index contributed by atoms with van der Waals surface area (Å²) in [6.07, 6.45) is 8.45. The fraction of sp³-hybridized carbons (Fsp3) is 0.636. The Labute approximate surface area is 191 Å². The summed E-state index contributed by atoms with van der Waals surface area (Å²) in [7, 11) is 0. The topological polar surface area (TPSA) is 73.5 Å². The van der Waals surface area contributed by atoms with Crippen LogP contribution >= 0.6 is 24.8 Å². The third kappa shape index (κ3) is 6.33. The number of anilines is 1. The fourth-order valence-electron chi connectivity index (χ4n) is 4.89. The summed E-state index contributed by atoms with van der Waals surface area (Å²) in [4.78, 5) is 27.2. The van der Waals surface area contributed by atoms with Crippen LogP contribution in [0.15, 0.2) is 24.3 Å². The van der Waals surface area contributed by atoms with Crippen molar-refractivity contribution in [1.29, 1.82) is 0 Å². The number of likely N-dealkylation sites (tertiary alicyclic amines) is 1. The van der Waals surface area contributed by atoms with E-state index >= 15 is 0 Å². The normalized spacial score (nSPS) is 25.5. The van der Waals surface area contributed by atoms with E-state index in [0.717, 1.165) is 31.7 Å². The maximum Gasteiger partial charge on any atom is 0.251 e. The van der Waals surface area contributed by atoms with Gasteiger partial charge in [-0.2, -0.15) is 0 Å². The molecule has 4 rings (SSSR count). The maximum atomic E-state index is 12.6. The second-order valence-electron chi connectivity index (χ2n) is 8.48. The van der Waals surface area contributed by atoms with Crippen molar-refractivity contribution >= 4 is 42.3 Å². The zero-order valence-corrected chi connectivity index (χ0v) is 19.0. The Bertz CT molecular complexity index is 681. The standard InChI is InChI=1S/C22H32N4O2.2ClH/c27-21(23-11-14-26-12-3-4-13-26)16-7-9-18(10-8-16)24-22(28)20-15-17-5-1-2-6-19(17)25-20;;/h7-10,17,19-20,25H,1-6,11-15H2,(H,23,27)(H,24,28);2*1H. The van der Waals surface area contributed by atoms with E-state index in [2.05, 4.69) is 20.9 Å². The van der Waals surface area contributed by atoms with Crippen LogP contribution in [0, 0.1) is 5.92 Å². The van der Waals surface area contributed by atoms with E-state index in [1.807, 2.05) is 12.1 Å². The molecule has 3 unspecified atom stereocenters. The van der Waals surface area contributed by atoms with E-state index in [0.29, 0.717) is 24.1 Å². The molecule has 2 heterocycles. The molecule has 2 aliphatic heterocycles. The molecule has 1 aliphatic carbocycles. The Balaban J connectivity index is 0.00000160. The summed E-state index contributed by atoms with van der Waals surface area (Å²) >= 11 is 0. The molecule has 168 valence electrons. The second-order valence-corrected chi connectivity index (χ2v) is 8.48. The van der Waals surface area contributed by atoms with Gasteiger partial charge in [0.2, 0.25) is 5.91 Å². The highest BCUT2D eigenvalue weighted by Crippen LogP contribution is 2.33. The van der Waals surface area contributed by atoms with E-state index in [-0.39, 0.29) is 42.7 Å². The van der Waals surface area contributed by atoms with Crippen molar-refractivity contribution in [3.63, 3.8) is 0 Å². The van der Waals surface area contributed by atoms with Gasteiger partial charge < -0.3 is 20.9 Å². The van der Waals surface area contributed by atoms with Crippen molar-refractivity contribution in [2.24, 2.45) is 5.92 Å². The van der Waals surface area contributed by atoms with Crippen LogP contribution in [0.2, 0.25) is 0 Å². The van der Waals surface area contributed by atoms with Gasteiger partial charge in [0.15, 0.2) is 0 Å². The van der Waals surface area contributed by atoms with Crippen molar-refractivity contribution in [3.8, 4) is 0 Å². The van der Waals surface area contributed by atoms with Gasteiger partial charge in [-0.25, -0.2) is 0 Å². The molecule has 3 N–H and O–H groups in total. The minimum atomic E-state index is -0.0957. The van der Waals surface area contributed by atoms with E-state index in [4.69, 9.17) is 0 Å². The predicted molar refractivity (Wildman–Crippen MR) is 125 cm³/mol. The van der Waals surface area contributed by atoms with Crippen LogP contribution < -0.4 is 16.0 Å². The van der Waals surface area contributed by atoms with Gasteiger partial charge in [0, 0.05) is 30.4 Å². The number of fused-ring (bicyclic) bond motifs is 1. The van der Waals surface area contributed by atoms with Gasteiger partial charge >= 0.3 is 0 Å². The molecule has 2 amide bonds. The van der Waals surface area contributed by atoms with Crippen LogP contribution in [0.4, 0.5) is 5.69 Å². The lowest BCUT2D eigenvalue weighted by atomic mass is 9.85. The molecule has 0 bridgehead atoms. The zero-order valence-electron chi connectivity index (χ0n) is 17.4.